The Hall–Kier alpha value is -1.69. The molecule has 6 heteroatoms. The number of anilines is 1. The van der Waals surface area contributed by atoms with E-state index >= 15 is 0 Å². The third-order valence-corrected chi connectivity index (χ3v) is 4.14. The van der Waals surface area contributed by atoms with Gasteiger partial charge in [-0.25, -0.2) is 9.97 Å². The first kappa shape index (κ1) is 15.7. The van der Waals surface area contributed by atoms with E-state index in [0.29, 0.717) is 13.1 Å². The van der Waals surface area contributed by atoms with Crippen molar-refractivity contribution in [3.8, 4) is 0 Å². The van der Waals surface area contributed by atoms with Crippen LogP contribution in [0.15, 0.2) is 11.4 Å². The topological polar surface area (TPSA) is 66.9 Å². The first-order valence-electron chi connectivity index (χ1n) is 7.24. The third kappa shape index (κ3) is 3.50. The molecule has 0 radical (unpaired) electrons. The van der Waals surface area contributed by atoms with Gasteiger partial charge < -0.3 is 10.6 Å². The van der Waals surface area contributed by atoms with Crippen LogP contribution in [-0.2, 0) is 11.2 Å². The highest BCUT2D eigenvalue weighted by Gasteiger charge is 2.27. The zero-order valence-electron chi connectivity index (χ0n) is 13.0. The molecule has 2 aromatic heterocycles. The van der Waals surface area contributed by atoms with Crippen LogP contribution >= 0.6 is 11.3 Å². The summed E-state index contributed by atoms with van der Waals surface area (Å²) in [5.41, 5.74) is -0.490. The number of nitrogens with zero attached hydrogens (tertiary/aromatic N) is 2. The van der Waals surface area contributed by atoms with Crippen molar-refractivity contribution < 1.29 is 4.79 Å². The summed E-state index contributed by atoms with van der Waals surface area (Å²) in [6, 6.07) is 2.01. The summed E-state index contributed by atoms with van der Waals surface area (Å²) in [7, 11) is 0. The highest BCUT2D eigenvalue weighted by molar-refractivity contribution is 7.16. The predicted octanol–water partition coefficient (Wildman–Crippen LogP) is 2.83. The number of nitrogens with one attached hydrogen (secondary N) is 2. The van der Waals surface area contributed by atoms with Crippen molar-refractivity contribution in [1.29, 1.82) is 0 Å². The molecule has 0 aromatic carbocycles. The Morgan fingerprint density at radius 3 is 2.76 bits per heavy atom. The monoisotopic (exact) mass is 306 g/mol. The maximum absolute atomic E-state index is 12.0. The quantitative estimate of drug-likeness (QED) is 0.861. The molecule has 0 atom stereocenters. The Labute approximate surface area is 129 Å². The predicted molar refractivity (Wildman–Crippen MR) is 87.7 cm³/mol. The summed E-state index contributed by atoms with van der Waals surface area (Å²) in [6.07, 6.45) is 0.794. The van der Waals surface area contributed by atoms with Gasteiger partial charge in [0.15, 0.2) is 0 Å². The maximum atomic E-state index is 12.0. The molecular formula is C15H22N4OS. The van der Waals surface area contributed by atoms with Crippen LogP contribution in [0.2, 0.25) is 0 Å². The second-order valence-corrected chi connectivity index (χ2v) is 6.47. The van der Waals surface area contributed by atoms with Crippen molar-refractivity contribution in [2.24, 2.45) is 5.41 Å². The van der Waals surface area contributed by atoms with Gasteiger partial charge in [0, 0.05) is 19.5 Å². The van der Waals surface area contributed by atoms with Crippen LogP contribution in [-0.4, -0.2) is 29.0 Å². The lowest BCUT2D eigenvalue weighted by Gasteiger charge is -2.24. The molecule has 0 aliphatic rings. The van der Waals surface area contributed by atoms with Crippen molar-refractivity contribution >= 4 is 33.3 Å². The van der Waals surface area contributed by atoms with Gasteiger partial charge in [-0.05, 0) is 32.2 Å². The normalized spacial score (nSPS) is 11.6. The van der Waals surface area contributed by atoms with Crippen LogP contribution in [0.5, 0.6) is 0 Å². The second kappa shape index (κ2) is 6.39. The maximum Gasteiger partial charge on any atom is 0.227 e. The first-order chi connectivity index (χ1) is 9.97. The van der Waals surface area contributed by atoms with Gasteiger partial charge >= 0.3 is 0 Å². The van der Waals surface area contributed by atoms with Crippen LogP contribution in [0.4, 0.5) is 5.82 Å². The van der Waals surface area contributed by atoms with Crippen molar-refractivity contribution in [3.63, 3.8) is 0 Å². The number of aryl methyl sites for hydroxylation is 1. The number of thiophene rings is 1. The molecular weight excluding hydrogens is 284 g/mol. The molecule has 2 aromatic rings. The lowest BCUT2D eigenvalue weighted by atomic mass is 9.92. The molecule has 21 heavy (non-hydrogen) atoms. The van der Waals surface area contributed by atoms with E-state index < -0.39 is 5.41 Å². The highest BCUT2D eigenvalue weighted by atomic mass is 32.1. The zero-order chi connectivity index (χ0) is 15.5. The molecule has 0 saturated heterocycles. The zero-order valence-corrected chi connectivity index (χ0v) is 13.8. The molecule has 0 unspecified atom stereocenters. The van der Waals surface area contributed by atoms with Gasteiger partial charge in [-0.2, -0.15) is 0 Å². The molecule has 2 rings (SSSR count). The van der Waals surface area contributed by atoms with E-state index in [1.807, 2.05) is 39.1 Å². The van der Waals surface area contributed by atoms with E-state index in [4.69, 9.17) is 0 Å². The average Bonchev–Trinajstić information content (AvgIpc) is 2.93. The number of aromatic nitrogens is 2. The number of carbonyl (C=O) groups excluding carboxylic acids is 1. The SMILES string of the molecule is CCNC(=O)C(C)(C)CNc1nc(CC)nc2sccc12. The van der Waals surface area contributed by atoms with Crippen molar-refractivity contribution in [2.75, 3.05) is 18.4 Å². The fraction of sp³-hybridized carbons (Fsp3) is 0.533. The molecule has 5 nitrogen and oxygen atoms in total. The minimum atomic E-state index is -0.490. The van der Waals surface area contributed by atoms with Gasteiger partial charge in [0.1, 0.15) is 16.5 Å². The van der Waals surface area contributed by atoms with Crippen LogP contribution in [0.3, 0.4) is 0 Å². The standard InChI is InChI=1S/C15H22N4OS/c1-5-11-18-12(10-7-8-21-13(10)19-11)17-9-15(3,4)14(20)16-6-2/h7-8H,5-6,9H2,1-4H3,(H,16,20)(H,17,18,19). The number of hydrogen-bond acceptors (Lipinski definition) is 5. The van der Waals surface area contributed by atoms with Crippen LogP contribution < -0.4 is 10.6 Å². The number of rotatable bonds is 6. The number of fused-ring (bicyclic) bond motifs is 1. The summed E-state index contributed by atoms with van der Waals surface area (Å²) in [4.78, 5) is 22.1. The largest absolute Gasteiger partial charge is 0.368 e. The van der Waals surface area contributed by atoms with Crippen LogP contribution in [0.1, 0.15) is 33.5 Å². The van der Waals surface area contributed by atoms with Gasteiger partial charge in [0.05, 0.1) is 10.8 Å². The lowest BCUT2D eigenvalue weighted by Crippen LogP contribution is -2.41. The summed E-state index contributed by atoms with van der Waals surface area (Å²) < 4.78 is 0. The fourth-order valence-electron chi connectivity index (χ4n) is 1.98. The van der Waals surface area contributed by atoms with Crippen molar-refractivity contribution in [2.45, 2.75) is 34.1 Å². The molecule has 0 aliphatic heterocycles. The Morgan fingerprint density at radius 1 is 1.33 bits per heavy atom. The smallest absolute Gasteiger partial charge is 0.227 e. The van der Waals surface area contributed by atoms with Gasteiger partial charge in [0.25, 0.3) is 0 Å². The molecule has 114 valence electrons. The molecule has 0 bridgehead atoms. The average molecular weight is 306 g/mol. The van der Waals surface area contributed by atoms with Crippen molar-refractivity contribution in [1.82, 2.24) is 15.3 Å². The van der Waals surface area contributed by atoms with E-state index in [1.54, 1.807) is 11.3 Å². The molecule has 0 aliphatic carbocycles. The first-order valence-corrected chi connectivity index (χ1v) is 8.12. The minimum Gasteiger partial charge on any atom is -0.368 e. The van der Waals surface area contributed by atoms with E-state index in [0.717, 1.165) is 28.3 Å². The van der Waals surface area contributed by atoms with Gasteiger partial charge in [-0.3, -0.25) is 4.79 Å². The Bertz CT molecular complexity index is 636. The van der Waals surface area contributed by atoms with Crippen LogP contribution in [0, 0.1) is 5.41 Å². The summed E-state index contributed by atoms with van der Waals surface area (Å²) in [5.74, 6) is 1.68. The number of hydrogen-bond donors (Lipinski definition) is 2. The van der Waals surface area contributed by atoms with Crippen molar-refractivity contribution in [3.05, 3.63) is 17.3 Å². The third-order valence-electron chi connectivity index (χ3n) is 3.34. The van der Waals surface area contributed by atoms with E-state index in [1.165, 1.54) is 0 Å². The Kier molecular flexibility index (Phi) is 4.77. The van der Waals surface area contributed by atoms with Gasteiger partial charge in [-0.1, -0.05) is 6.92 Å². The minimum absolute atomic E-state index is 0.0452. The van der Waals surface area contributed by atoms with E-state index in [2.05, 4.69) is 20.6 Å². The molecule has 1 amide bonds. The van der Waals surface area contributed by atoms with E-state index in [-0.39, 0.29) is 5.91 Å². The fourth-order valence-corrected chi connectivity index (χ4v) is 2.76. The molecule has 2 heterocycles. The summed E-state index contributed by atoms with van der Waals surface area (Å²) in [6.45, 7) is 9.00. The highest BCUT2D eigenvalue weighted by Crippen LogP contribution is 2.26. The van der Waals surface area contributed by atoms with Gasteiger partial charge in [0.2, 0.25) is 5.91 Å². The molecule has 0 saturated carbocycles. The second-order valence-electron chi connectivity index (χ2n) is 5.58. The Balaban J connectivity index is 2.19. The van der Waals surface area contributed by atoms with E-state index in [9.17, 15) is 4.79 Å². The lowest BCUT2D eigenvalue weighted by molar-refractivity contribution is -0.128. The van der Waals surface area contributed by atoms with Crippen LogP contribution in [0.25, 0.3) is 10.2 Å². The summed E-state index contributed by atoms with van der Waals surface area (Å²) >= 11 is 1.61. The molecule has 0 spiro atoms. The Morgan fingerprint density at radius 2 is 2.10 bits per heavy atom. The summed E-state index contributed by atoms with van der Waals surface area (Å²) in [5, 5.41) is 9.22. The number of carbonyl (C=O) groups is 1. The molecule has 0 fully saturated rings. The van der Waals surface area contributed by atoms with Gasteiger partial charge in [-0.15, -0.1) is 11.3 Å². The molecule has 2 N–H and O–H groups in total. The number of amides is 1.